The Morgan fingerprint density at radius 3 is 1.21 bits per heavy atom. The minimum atomic E-state index is -8.13. The van der Waals surface area contributed by atoms with Crippen LogP contribution < -0.4 is 0 Å². The number of halogens is 18. The van der Waals surface area contributed by atoms with Crippen molar-refractivity contribution in [1.82, 2.24) is 0 Å². The zero-order chi connectivity index (χ0) is 24.3. The summed E-state index contributed by atoms with van der Waals surface area (Å²) in [5.41, 5.74) is -11.4. The molecule has 0 saturated carbocycles. The molecule has 29 heavy (non-hydrogen) atoms. The maximum Gasteiger partial charge on any atom is 0.500 e. The standard InChI is InChI=1S/C8Cl2F16O2Si/c9-29(10,1(27)28-7(23,24)6(20,21)22)8(25,26)4(15,16)2(11,12)3(13,14)5(17,18)19. The van der Waals surface area contributed by atoms with Gasteiger partial charge in [0.1, 0.15) is 0 Å². The molecule has 21 heteroatoms. The van der Waals surface area contributed by atoms with Crippen molar-refractivity contribution in [2.45, 2.75) is 41.8 Å². The molecule has 0 N–H and O–H groups in total. The van der Waals surface area contributed by atoms with Crippen LogP contribution in [0.25, 0.3) is 0 Å². The van der Waals surface area contributed by atoms with Crippen LogP contribution in [0.4, 0.5) is 75.0 Å². The van der Waals surface area contributed by atoms with E-state index >= 15 is 0 Å². The third-order valence-electron chi connectivity index (χ3n) is 2.74. The average Bonchev–Trinajstić information content (AvgIpc) is 2.43. The molecule has 0 amide bonds. The zero-order valence-corrected chi connectivity index (χ0v) is 14.6. The van der Waals surface area contributed by atoms with Crippen LogP contribution >= 0.6 is 22.2 Å². The molecule has 0 unspecified atom stereocenters. The van der Waals surface area contributed by atoms with Crippen LogP contribution in [0, 0.1) is 0 Å². The normalized spacial score (nSPS) is 16.1. The van der Waals surface area contributed by atoms with Crippen molar-refractivity contribution in [3.63, 3.8) is 0 Å². The molecule has 0 aliphatic carbocycles. The highest BCUT2D eigenvalue weighted by atomic mass is 35.7. The number of carbonyl (C=O) groups excluding carboxylic acids is 1. The van der Waals surface area contributed by atoms with Gasteiger partial charge in [0.25, 0.3) is 0 Å². The van der Waals surface area contributed by atoms with Gasteiger partial charge in [-0.15, -0.1) is 22.2 Å². The topological polar surface area (TPSA) is 26.3 Å². The Hall–Kier alpha value is -0.853. The third-order valence-corrected chi connectivity index (χ3v) is 6.81. The first-order valence-electron chi connectivity index (χ1n) is 5.76. The van der Waals surface area contributed by atoms with Crippen LogP contribution in [-0.2, 0) is 4.74 Å². The molecule has 0 fully saturated rings. The Balaban J connectivity index is 6.35. The van der Waals surface area contributed by atoms with Gasteiger partial charge in [-0.2, -0.15) is 61.5 Å². The van der Waals surface area contributed by atoms with Gasteiger partial charge in [-0.25, -0.2) is 8.78 Å². The summed E-state index contributed by atoms with van der Waals surface area (Å²) in [5, 5.41) is 0. The van der Waals surface area contributed by atoms with Crippen LogP contribution in [0.3, 0.4) is 0 Å². The lowest BCUT2D eigenvalue weighted by molar-refractivity contribution is -0.414. The Bertz CT molecular complexity index is 638. The molecule has 0 heterocycles. The summed E-state index contributed by atoms with van der Waals surface area (Å²) in [4.78, 5) is 10.9. The molecule has 0 aromatic carbocycles. The van der Waals surface area contributed by atoms with Gasteiger partial charge >= 0.3 is 54.1 Å². The monoisotopic (exact) mass is 530 g/mol. The van der Waals surface area contributed by atoms with Crippen molar-refractivity contribution >= 4 is 34.4 Å². The Morgan fingerprint density at radius 1 is 0.586 bits per heavy atom. The highest BCUT2D eigenvalue weighted by Crippen LogP contribution is 2.60. The second kappa shape index (κ2) is 7.09. The minimum Gasteiger partial charge on any atom is -0.396 e. The highest BCUT2D eigenvalue weighted by molar-refractivity contribution is 7.58. The SMILES string of the molecule is O=C(OC(F)(F)C(F)(F)F)[Si](Cl)(Cl)C(F)(F)C(F)(F)C(F)(F)C(F)(F)C(F)(F)F. The average molecular weight is 531 g/mol. The summed E-state index contributed by atoms with van der Waals surface area (Å²) in [7, 11) is 0. The first-order valence-corrected chi connectivity index (χ1v) is 9.79. The molecule has 174 valence electrons. The lowest BCUT2D eigenvalue weighted by atomic mass is 10.0. The molecule has 0 radical (unpaired) electrons. The van der Waals surface area contributed by atoms with Gasteiger partial charge in [0.05, 0.1) is 0 Å². The first kappa shape index (κ1) is 28.1. The molecule has 0 atom stereocenters. The predicted molar refractivity (Wildman–Crippen MR) is 60.8 cm³/mol. The van der Waals surface area contributed by atoms with Gasteiger partial charge in [0.2, 0.25) is 0 Å². The molecule has 0 saturated heterocycles. The molecular weight excluding hydrogens is 531 g/mol. The second-order valence-electron chi connectivity index (χ2n) is 4.77. The number of alkyl halides is 16. The van der Waals surface area contributed by atoms with Crippen LogP contribution in [0.5, 0.6) is 0 Å². The number of hydrogen-bond acceptors (Lipinski definition) is 2. The summed E-state index contributed by atoms with van der Waals surface area (Å²) in [6, 6.07) is 0. The third kappa shape index (κ3) is 4.17. The van der Waals surface area contributed by atoms with E-state index in [4.69, 9.17) is 0 Å². The van der Waals surface area contributed by atoms with Crippen LogP contribution in [0.1, 0.15) is 0 Å². The largest absolute Gasteiger partial charge is 0.500 e. The van der Waals surface area contributed by atoms with E-state index in [0.717, 1.165) is 0 Å². The van der Waals surface area contributed by atoms with Crippen LogP contribution in [0.15, 0.2) is 0 Å². The molecule has 0 aromatic rings. The van der Waals surface area contributed by atoms with Gasteiger partial charge in [-0.1, -0.05) is 0 Å². The molecule has 0 bridgehead atoms. The molecule has 2 nitrogen and oxygen atoms in total. The molecule has 0 aliphatic heterocycles. The molecular formula is C8Cl2F16O2Si. The summed E-state index contributed by atoms with van der Waals surface area (Å²) in [5.74, 6) is -24.1. The van der Waals surface area contributed by atoms with Crippen molar-refractivity contribution in [3.05, 3.63) is 0 Å². The predicted octanol–water partition coefficient (Wildman–Crippen LogP) is 6.42. The van der Waals surface area contributed by atoms with Crippen molar-refractivity contribution < 1.29 is 79.8 Å². The number of ether oxygens (including phenoxy) is 1. The van der Waals surface area contributed by atoms with Gasteiger partial charge in [-0.05, 0) is 0 Å². The van der Waals surface area contributed by atoms with E-state index in [2.05, 4.69) is 22.2 Å². The van der Waals surface area contributed by atoms with Crippen molar-refractivity contribution in [1.29, 1.82) is 0 Å². The van der Waals surface area contributed by atoms with Crippen LogP contribution in [0.2, 0.25) is 0 Å². The van der Waals surface area contributed by atoms with Gasteiger partial charge < -0.3 is 4.74 Å². The second-order valence-corrected chi connectivity index (χ2v) is 10.9. The maximum absolute atomic E-state index is 13.6. The first-order chi connectivity index (χ1) is 12.1. The number of carbonyl (C=O) groups is 1. The van der Waals surface area contributed by atoms with Gasteiger partial charge in [0, 0.05) is 0 Å². The quantitative estimate of drug-likeness (QED) is 0.225. The molecule has 0 aliphatic rings. The molecule has 0 aromatic heterocycles. The molecule has 0 spiro atoms. The fraction of sp³-hybridized carbons (Fsp3) is 0.875. The van der Waals surface area contributed by atoms with Crippen molar-refractivity contribution in [2.75, 3.05) is 0 Å². The smallest absolute Gasteiger partial charge is 0.396 e. The lowest BCUT2D eigenvalue weighted by Gasteiger charge is -2.39. The molecule has 0 rings (SSSR count). The number of hydrogen-bond donors (Lipinski definition) is 0. The van der Waals surface area contributed by atoms with E-state index in [1.165, 1.54) is 0 Å². The Labute approximate surface area is 157 Å². The fourth-order valence-corrected chi connectivity index (χ4v) is 3.14. The van der Waals surface area contributed by atoms with E-state index in [1.54, 1.807) is 0 Å². The summed E-state index contributed by atoms with van der Waals surface area (Å²) in [6.07, 6.45) is -21.3. The van der Waals surface area contributed by atoms with E-state index in [9.17, 15) is 75.0 Å². The van der Waals surface area contributed by atoms with Crippen molar-refractivity contribution in [2.24, 2.45) is 0 Å². The van der Waals surface area contributed by atoms with Gasteiger partial charge in [-0.3, -0.25) is 4.79 Å². The highest BCUT2D eigenvalue weighted by Gasteiger charge is 2.91. The van der Waals surface area contributed by atoms with E-state index in [0.29, 0.717) is 0 Å². The Morgan fingerprint density at radius 2 is 0.931 bits per heavy atom. The summed E-state index contributed by atoms with van der Waals surface area (Å²) in [6.45, 7) is -7.77. The van der Waals surface area contributed by atoms with E-state index in [1.807, 2.05) is 4.74 Å². The van der Waals surface area contributed by atoms with Gasteiger partial charge in [0.15, 0.2) is 0 Å². The fourth-order valence-electron chi connectivity index (χ4n) is 1.14. The van der Waals surface area contributed by atoms with E-state index in [-0.39, 0.29) is 0 Å². The maximum atomic E-state index is 13.6. The number of rotatable bonds is 6. The summed E-state index contributed by atoms with van der Waals surface area (Å²) < 4.78 is 203. The van der Waals surface area contributed by atoms with Crippen molar-refractivity contribution in [3.8, 4) is 0 Å². The Kier molecular flexibility index (Phi) is 6.89. The lowest BCUT2D eigenvalue weighted by Crippen LogP contribution is -2.72. The summed E-state index contributed by atoms with van der Waals surface area (Å²) >= 11 is 8.46. The zero-order valence-electron chi connectivity index (χ0n) is 12.1. The van der Waals surface area contributed by atoms with Crippen LogP contribution in [-0.4, -0.2) is 54.1 Å². The minimum absolute atomic E-state index is 2.05. The van der Waals surface area contributed by atoms with E-state index < -0.39 is 54.1 Å².